The van der Waals surface area contributed by atoms with Crippen molar-refractivity contribution in [3.05, 3.63) is 45.8 Å². The van der Waals surface area contributed by atoms with E-state index < -0.39 is 5.91 Å². The van der Waals surface area contributed by atoms with Crippen LogP contribution in [0.15, 0.2) is 24.5 Å². The predicted molar refractivity (Wildman–Crippen MR) is 75.6 cm³/mol. The number of nitrogens with one attached hydrogen (secondary N) is 1. The van der Waals surface area contributed by atoms with Crippen molar-refractivity contribution in [1.82, 2.24) is 9.97 Å². The first-order chi connectivity index (χ1) is 9.00. The minimum Gasteiger partial charge on any atom is -0.398 e. The number of nitrogens with two attached hydrogens (primary N) is 1. The quantitative estimate of drug-likeness (QED) is 0.659. The number of rotatable bonds is 2. The van der Waals surface area contributed by atoms with Crippen molar-refractivity contribution in [3.63, 3.8) is 0 Å². The lowest BCUT2D eigenvalue weighted by atomic mass is 10.1. The SMILES string of the molecule is Cc1cccc(N)c1C(=O)Nc1ncnc(Cl)c1Cl. The van der Waals surface area contributed by atoms with Gasteiger partial charge in [-0.05, 0) is 18.6 Å². The van der Waals surface area contributed by atoms with Crippen LogP contribution in [0, 0.1) is 6.92 Å². The van der Waals surface area contributed by atoms with E-state index in [0.29, 0.717) is 11.3 Å². The Labute approximate surface area is 119 Å². The molecule has 0 spiro atoms. The summed E-state index contributed by atoms with van der Waals surface area (Å²) in [5.41, 5.74) is 7.32. The fraction of sp³-hybridized carbons (Fsp3) is 0.0833. The minimum atomic E-state index is -0.396. The summed E-state index contributed by atoms with van der Waals surface area (Å²) in [5, 5.41) is 2.72. The number of nitrogen functional groups attached to an aromatic ring is 1. The van der Waals surface area contributed by atoms with E-state index in [1.165, 1.54) is 6.33 Å². The minimum absolute atomic E-state index is 0.0738. The molecule has 0 bridgehead atoms. The lowest BCUT2D eigenvalue weighted by Gasteiger charge is -2.10. The number of nitrogens with zero attached hydrogens (tertiary/aromatic N) is 2. The van der Waals surface area contributed by atoms with Crippen LogP contribution in [-0.2, 0) is 0 Å². The van der Waals surface area contributed by atoms with Gasteiger partial charge in [-0.15, -0.1) is 0 Å². The number of aryl methyl sites for hydroxylation is 1. The molecule has 0 atom stereocenters. The van der Waals surface area contributed by atoms with Gasteiger partial charge in [0.15, 0.2) is 11.0 Å². The van der Waals surface area contributed by atoms with Gasteiger partial charge in [0.05, 0.1) is 5.56 Å². The monoisotopic (exact) mass is 296 g/mol. The van der Waals surface area contributed by atoms with Crippen molar-refractivity contribution in [2.75, 3.05) is 11.1 Å². The number of amides is 1. The van der Waals surface area contributed by atoms with Crippen LogP contribution in [0.4, 0.5) is 11.5 Å². The molecule has 0 aliphatic carbocycles. The molecule has 1 amide bonds. The third-order valence-electron chi connectivity index (χ3n) is 2.51. The topological polar surface area (TPSA) is 80.9 Å². The molecule has 0 unspecified atom stereocenters. The number of carbonyl (C=O) groups excluding carboxylic acids is 1. The van der Waals surface area contributed by atoms with Gasteiger partial charge in [0.2, 0.25) is 0 Å². The molecule has 3 N–H and O–H groups in total. The van der Waals surface area contributed by atoms with Crippen LogP contribution >= 0.6 is 23.2 Å². The normalized spacial score (nSPS) is 10.3. The van der Waals surface area contributed by atoms with Crippen LogP contribution in [0.5, 0.6) is 0 Å². The molecule has 0 aliphatic rings. The molecule has 0 radical (unpaired) electrons. The van der Waals surface area contributed by atoms with E-state index in [4.69, 9.17) is 28.9 Å². The van der Waals surface area contributed by atoms with Gasteiger partial charge in [-0.1, -0.05) is 35.3 Å². The summed E-state index contributed by atoms with van der Waals surface area (Å²) >= 11 is 11.6. The predicted octanol–water partition coefficient (Wildman–Crippen LogP) is 2.93. The first-order valence-corrected chi connectivity index (χ1v) is 6.08. The van der Waals surface area contributed by atoms with Crippen molar-refractivity contribution >= 4 is 40.6 Å². The van der Waals surface area contributed by atoms with E-state index in [0.717, 1.165) is 5.56 Å². The number of hydrogen-bond donors (Lipinski definition) is 2. The Hall–Kier alpha value is -1.85. The van der Waals surface area contributed by atoms with Gasteiger partial charge in [-0.3, -0.25) is 4.79 Å². The zero-order chi connectivity index (χ0) is 14.0. The first-order valence-electron chi connectivity index (χ1n) is 5.33. The maximum Gasteiger partial charge on any atom is 0.259 e. The Kier molecular flexibility index (Phi) is 3.87. The third kappa shape index (κ3) is 2.77. The van der Waals surface area contributed by atoms with Crippen molar-refractivity contribution in [2.24, 2.45) is 0 Å². The molecule has 0 saturated carbocycles. The summed E-state index contributed by atoms with van der Waals surface area (Å²) in [6.07, 6.45) is 1.21. The van der Waals surface area contributed by atoms with Crippen LogP contribution in [0.3, 0.4) is 0 Å². The van der Waals surface area contributed by atoms with Crippen LogP contribution < -0.4 is 11.1 Å². The number of halogens is 2. The average Bonchev–Trinajstić information content (AvgIpc) is 2.35. The summed E-state index contributed by atoms with van der Waals surface area (Å²) < 4.78 is 0. The molecule has 98 valence electrons. The average molecular weight is 297 g/mol. The van der Waals surface area contributed by atoms with Gasteiger partial charge >= 0.3 is 0 Å². The summed E-state index contributed by atoms with van der Waals surface area (Å²) in [6.45, 7) is 1.79. The van der Waals surface area contributed by atoms with Crippen LogP contribution in [0.1, 0.15) is 15.9 Å². The van der Waals surface area contributed by atoms with E-state index in [1.807, 2.05) is 0 Å². The summed E-state index contributed by atoms with van der Waals surface area (Å²) in [4.78, 5) is 19.7. The van der Waals surface area contributed by atoms with Crippen LogP contribution in [-0.4, -0.2) is 15.9 Å². The highest BCUT2D eigenvalue weighted by Crippen LogP contribution is 2.26. The smallest absolute Gasteiger partial charge is 0.259 e. The Morgan fingerprint density at radius 3 is 2.74 bits per heavy atom. The van der Waals surface area contributed by atoms with Crippen molar-refractivity contribution in [1.29, 1.82) is 0 Å². The van der Waals surface area contributed by atoms with Gasteiger partial charge in [0, 0.05) is 5.69 Å². The Morgan fingerprint density at radius 1 is 1.32 bits per heavy atom. The standard InChI is InChI=1S/C12H10Cl2N4O/c1-6-3-2-4-7(15)8(6)12(19)18-11-9(13)10(14)16-5-17-11/h2-5H,15H2,1H3,(H,16,17,18,19). The number of benzene rings is 1. The fourth-order valence-corrected chi connectivity index (χ4v) is 1.88. The number of aromatic nitrogens is 2. The summed E-state index contributed by atoms with van der Waals surface area (Å²) in [5.74, 6) is -0.249. The molecule has 2 aromatic rings. The lowest BCUT2D eigenvalue weighted by molar-refractivity contribution is 0.102. The molecule has 2 rings (SSSR count). The molecule has 0 saturated heterocycles. The molecular weight excluding hydrogens is 287 g/mol. The number of hydrogen-bond acceptors (Lipinski definition) is 4. The van der Waals surface area contributed by atoms with Gasteiger partial charge in [-0.25, -0.2) is 9.97 Å². The highest BCUT2D eigenvalue weighted by Gasteiger charge is 2.16. The largest absolute Gasteiger partial charge is 0.398 e. The van der Waals surface area contributed by atoms with Crippen molar-refractivity contribution < 1.29 is 4.79 Å². The molecule has 19 heavy (non-hydrogen) atoms. The first kappa shape index (κ1) is 13.6. The van der Waals surface area contributed by atoms with E-state index in [1.54, 1.807) is 25.1 Å². The molecular formula is C12H10Cl2N4O. The maximum atomic E-state index is 12.2. The molecule has 0 fully saturated rings. The highest BCUT2D eigenvalue weighted by atomic mass is 35.5. The van der Waals surface area contributed by atoms with E-state index in [-0.39, 0.29) is 16.0 Å². The zero-order valence-electron chi connectivity index (χ0n) is 9.95. The van der Waals surface area contributed by atoms with Crippen molar-refractivity contribution in [3.8, 4) is 0 Å². The van der Waals surface area contributed by atoms with Crippen molar-refractivity contribution in [2.45, 2.75) is 6.92 Å². The summed E-state index contributed by atoms with van der Waals surface area (Å²) in [6, 6.07) is 5.21. The van der Waals surface area contributed by atoms with E-state index in [9.17, 15) is 4.79 Å². The lowest BCUT2D eigenvalue weighted by Crippen LogP contribution is -2.16. The van der Waals surface area contributed by atoms with Gasteiger partial charge in [0.1, 0.15) is 11.3 Å². The highest BCUT2D eigenvalue weighted by molar-refractivity contribution is 6.43. The third-order valence-corrected chi connectivity index (χ3v) is 3.25. The van der Waals surface area contributed by atoms with E-state index in [2.05, 4.69) is 15.3 Å². The molecule has 1 aromatic heterocycles. The van der Waals surface area contributed by atoms with Crippen LogP contribution in [0.25, 0.3) is 0 Å². The van der Waals surface area contributed by atoms with Gasteiger partial charge in [0.25, 0.3) is 5.91 Å². The number of carbonyl (C=O) groups is 1. The second-order valence-corrected chi connectivity index (χ2v) is 4.56. The second-order valence-electron chi connectivity index (χ2n) is 3.82. The molecule has 0 aliphatic heterocycles. The molecule has 1 aromatic carbocycles. The van der Waals surface area contributed by atoms with Crippen LogP contribution in [0.2, 0.25) is 10.2 Å². The Morgan fingerprint density at radius 2 is 2.05 bits per heavy atom. The summed E-state index contributed by atoms with van der Waals surface area (Å²) in [7, 11) is 0. The molecule has 1 heterocycles. The molecule has 5 nitrogen and oxygen atoms in total. The fourth-order valence-electron chi connectivity index (χ4n) is 1.61. The second kappa shape index (κ2) is 5.42. The molecule has 7 heteroatoms. The van der Waals surface area contributed by atoms with E-state index >= 15 is 0 Å². The van der Waals surface area contributed by atoms with Gasteiger partial charge in [-0.2, -0.15) is 0 Å². The maximum absolute atomic E-state index is 12.2. The Balaban J connectivity index is 2.34. The number of anilines is 2. The zero-order valence-corrected chi connectivity index (χ0v) is 11.5. The van der Waals surface area contributed by atoms with Gasteiger partial charge < -0.3 is 11.1 Å². The Bertz CT molecular complexity index is 625.